The molecule has 162 valence electrons. The van der Waals surface area contributed by atoms with Crippen molar-refractivity contribution in [3.05, 3.63) is 64.4 Å². The average molecular weight is 458 g/mol. The van der Waals surface area contributed by atoms with E-state index in [1.54, 1.807) is 0 Å². The Balaban J connectivity index is 2.04. The number of alkyl halides is 1. The van der Waals surface area contributed by atoms with E-state index >= 15 is 0 Å². The zero-order chi connectivity index (χ0) is 22.1. The second-order valence-electron chi connectivity index (χ2n) is 7.60. The van der Waals surface area contributed by atoms with Gasteiger partial charge in [-0.05, 0) is 49.4 Å². The van der Waals surface area contributed by atoms with Crippen molar-refractivity contribution < 1.29 is 27.1 Å². The molecule has 0 heterocycles. The third kappa shape index (κ3) is 4.66. The molecular formula is C21H22ClF2NO4S. The molecule has 2 aromatic carbocycles. The second kappa shape index (κ2) is 8.61. The summed E-state index contributed by atoms with van der Waals surface area (Å²) in [6.45, 7) is 0. The number of rotatable bonds is 5. The maximum Gasteiger partial charge on any atom is 0.253 e. The number of hydrogen-bond acceptors (Lipinski definition) is 4. The molecule has 0 spiro atoms. The smallest absolute Gasteiger partial charge is 0.253 e. The Labute approximate surface area is 179 Å². The van der Waals surface area contributed by atoms with Crippen LogP contribution in [-0.2, 0) is 9.84 Å². The van der Waals surface area contributed by atoms with Crippen LogP contribution in [0.2, 0.25) is 5.02 Å². The molecule has 1 saturated carbocycles. The first-order valence-electron chi connectivity index (χ1n) is 9.43. The van der Waals surface area contributed by atoms with Gasteiger partial charge in [0, 0.05) is 6.26 Å². The molecule has 2 N–H and O–H groups in total. The topological polar surface area (TPSA) is 83.5 Å². The summed E-state index contributed by atoms with van der Waals surface area (Å²) in [4.78, 5) is 12.9. The number of benzene rings is 2. The lowest BCUT2D eigenvalue weighted by Crippen LogP contribution is -2.48. The van der Waals surface area contributed by atoms with Crippen molar-refractivity contribution in [1.29, 1.82) is 0 Å². The number of aliphatic hydroxyl groups is 1. The molecule has 9 heteroatoms. The van der Waals surface area contributed by atoms with Gasteiger partial charge >= 0.3 is 0 Å². The molecule has 1 atom stereocenters. The van der Waals surface area contributed by atoms with Crippen LogP contribution >= 0.6 is 11.6 Å². The highest BCUT2D eigenvalue weighted by molar-refractivity contribution is 7.90. The maximum absolute atomic E-state index is 14.1. The Morgan fingerprint density at radius 1 is 1.20 bits per heavy atom. The molecule has 2 aromatic rings. The van der Waals surface area contributed by atoms with E-state index in [0.717, 1.165) is 12.3 Å². The van der Waals surface area contributed by atoms with Crippen LogP contribution in [0.3, 0.4) is 0 Å². The standard InChI is InChI=1S/C21H22ClF2NO4S/c1-30(28,29)17-8-3-2-5-14(17)20(26)25-19(15-6-4-7-16(24)18(15)22)21(27)11-9-13(23)10-12-21/h2-8,13,19,27H,9-12H2,1H3,(H,25,26). The van der Waals surface area contributed by atoms with Crippen molar-refractivity contribution in [2.24, 2.45) is 0 Å². The number of amides is 1. The summed E-state index contributed by atoms with van der Waals surface area (Å²) in [5.74, 6) is -1.50. The van der Waals surface area contributed by atoms with Gasteiger partial charge in [0.05, 0.1) is 27.1 Å². The lowest BCUT2D eigenvalue weighted by molar-refractivity contribution is -0.0446. The number of nitrogens with one attached hydrogen (secondary N) is 1. The minimum absolute atomic E-state index is 0.0275. The summed E-state index contributed by atoms with van der Waals surface area (Å²) in [5, 5.41) is 13.6. The Bertz CT molecular complexity index is 1050. The Morgan fingerprint density at radius 3 is 2.47 bits per heavy atom. The molecule has 1 fully saturated rings. The van der Waals surface area contributed by atoms with Crippen LogP contribution in [0.5, 0.6) is 0 Å². The second-order valence-corrected chi connectivity index (χ2v) is 9.96. The van der Waals surface area contributed by atoms with Crippen LogP contribution in [0.1, 0.15) is 47.6 Å². The molecule has 0 saturated heterocycles. The predicted molar refractivity (Wildman–Crippen MR) is 109 cm³/mol. The van der Waals surface area contributed by atoms with Crippen LogP contribution in [0.4, 0.5) is 8.78 Å². The van der Waals surface area contributed by atoms with Crippen LogP contribution in [0, 0.1) is 5.82 Å². The van der Waals surface area contributed by atoms with Crippen LogP contribution in [0.25, 0.3) is 0 Å². The van der Waals surface area contributed by atoms with E-state index in [2.05, 4.69) is 5.32 Å². The van der Waals surface area contributed by atoms with Crippen molar-refractivity contribution in [2.75, 3.05) is 6.26 Å². The molecule has 0 aliphatic heterocycles. The molecule has 3 rings (SSSR count). The van der Waals surface area contributed by atoms with E-state index in [9.17, 15) is 27.1 Å². The molecule has 30 heavy (non-hydrogen) atoms. The van der Waals surface area contributed by atoms with Crippen molar-refractivity contribution >= 4 is 27.3 Å². The van der Waals surface area contributed by atoms with Crippen LogP contribution in [-0.4, -0.2) is 37.5 Å². The van der Waals surface area contributed by atoms with Gasteiger partial charge in [-0.3, -0.25) is 4.79 Å². The summed E-state index contributed by atoms with van der Waals surface area (Å²) in [6, 6.07) is 8.50. The number of carbonyl (C=O) groups is 1. The minimum atomic E-state index is -3.70. The minimum Gasteiger partial charge on any atom is -0.387 e. The fraction of sp³-hybridized carbons (Fsp3) is 0.381. The zero-order valence-electron chi connectivity index (χ0n) is 16.2. The normalized spacial score (nSPS) is 23.0. The van der Waals surface area contributed by atoms with Crippen LogP contribution < -0.4 is 5.32 Å². The monoisotopic (exact) mass is 457 g/mol. The van der Waals surface area contributed by atoms with Gasteiger partial charge in [0.1, 0.15) is 12.0 Å². The van der Waals surface area contributed by atoms with Gasteiger partial charge in [-0.1, -0.05) is 35.9 Å². The number of hydrogen-bond donors (Lipinski definition) is 2. The van der Waals surface area contributed by atoms with Crippen LogP contribution in [0.15, 0.2) is 47.4 Å². The van der Waals surface area contributed by atoms with Crippen molar-refractivity contribution in [1.82, 2.24) is 5.32 Å². The summed E-state index contributed by atoms with van der Waals surface area (Å²) >= 11 is 6.12. The number of halogens is 3. The van der Waals surface area contributed by atoms with E-state index in [1.165, 1.54) is 36.4 Å². The summed E-state index contributed by atoms with van der Waals surface area (Å²) in [5.41, 5.74) is -1.54. The number of sulfone groups is 1. The molecule has 5 nitrogen and oxygen atoms in total. The third-order valence-electron chi connectivity index (χ3n) is 5.42. The van der Waals surface area contributed by atoms with Gasteiger partial charge in [0.25, 0.3) is 5.91 Å². The van der Waals surface area contributed by atoms with E-state index in [1.807, 2.05) is 0 Å². The quantitative estimate of drug-likeness (QED) is 0.711. The van der Waals surface area contributed by atoms with Crippen molar-refractivity contribution in [3.8, 4) is 0 Å². The summed E-state index contributed by atoms with van der Waals surface area (Å²) in [6.07, 6.45) is 0.122. The van der Waals surface area contributed by atoms with E-state index in [0.29, 0.717) is 0 Å². The lowest BCUT2D eigenvalue weighted by Gasteiger charge is -2.41. The number of carbonyl (C=O) groups excluding carboxylic acids is 1. The maximum atomic E-state index is 14.1. The first-order valence-corrected chi connectivity index (χ1v) is 11.7. The fourth-order valence-corrected chi connectivity index (χ4v) is 4.92. The van der Waals surface area contributed by atoms with Crippen molar-refractivity contribution in [2.45, 2.75) is 48.4 Å². The predicted octanol–water partition coefficient (Wildman–Crippen LogP) is 4.00. The molecule has 1 amide bonds. The van der Waals surface area contributed by atoms with Gasteiger partial charge in [0.2, 0.25) is 0 Å². The average Bonchev–Trinajstić information content (AvgIpc) is 2.70. The highest BCUT2D eigenvalue weighted by Gasteiger charge is 2.43. The van der Waals surface area contributed by atoms with Gasteiger partial charge in [-0.2, -0.15) is 0 Å². The van der Waals surface area contributed by atoms with Gasteiger partial charge in [-0.25, -0.2) is 17.2 Å². The Hall–Kier alpha value is -2.03. The zero-order valence-corrected chi connectivity index (χ0v) is 17.8. The first-order chi connectivity index (χ1) is 14.0. The molecule has 0 bridgehead atoms. The highest BCUT2D eigenvalue weighted by Crippen LogP contribution is 2.42. The molecule has 1 aliphatic carbocycles. The molecule has 0 radical (unpaired) electrons. The van der Waals surface area contributed by atoms with Gasteiger partial charge in [-0.15, -0.1) is 0 Å². The molecule has 0 aromatic heterocycles. The van der Waals surface area contributed by atoms with E-state index in [4.69, 9.17) is 11.6 Å². The van der Waals surface area contributed by atoms with E-state index < -0.39 is 39.4 Å². The molecular weight excluding hydrogens is 436 g/mol. The van der Waals surface area contributed by atoms with Gasteiger partial charge < -0.3 is 10.4 Å². The van der Waals surface area contributed by atoms with E-state index in [-0.39, 0.29) is 46.7 Å². The largest absolute Gasteiger partial charge is 0.387 e. The summed E-state index contributed by atoms with van der Waals surface area (Å²) in [7, 11) is -3.70. The fourth-order valence-electron chi connectivity index (χ4n) is 3.80. The SMILES string of the molecule is CS(=O)(=O)c1ccccc1C(=O)NC(c1cccc(F)c1Cl)C1(O)CCC(F)CC1. The molecule has 1 unspecified atom stereocenters. The molecule has 1 aliphatic rings. The Kier molecular flexibility index (Phi) is 6.50. The summed E-state index contributed by atoms with van der Waals surface area (Å²) < 4.78 is 51.9. The first kappa shape index (κ1) is 22.7. The highest BCUT2D eigenvalue weighted by atomic mass is 35.5. The van der Waals surface area contributed by atoms with Gasteiger partial charge in [0.15, 0.2) is 9.84 Å². The lowest BCUT2D eigenvalue weighted by atomic mass is 9.76. The third-order valence-corrected chi connectivity index (χ3v) is 6.97. The Morgan fingerprint density at radius 2 is 1.83 bits per heavy atom. The van der Waals surface area contributed by atoms with Crippen molar-refractivity contribution in [3.63, 3.8) is 0 Å².